The normalized spacial score (nSPS) is 10.8. The van der Waals surface area contributed by atoms with Gasteiger partial charge in [-0.3, -0.25) is 0 Å². The molecule has 4 rings (SSSR count). The summed E-state index contributed by atoms with van der Waals surface area (Å²) >= 11 is 5.84. The summed E-state index contributed by atoms with van der Waals surface area (Å²) in [5.74, 6) is 0.319. The summed E-state index contributed by atoms with van der Waals surface area (Å²) in [6.45, 7) is 0. The molecule has 8 heteroatoms. The Labute approximate surface area is 152 Å². The molecule has 0 aliphatic carbocycles. The van der Waals surface area contributed by atoms with E-state index in [4.69, 9.17) is 17.3 Å². The Morgan fingerprint density at radius 3 is 2.50 bits per heavy atom. The van der Waals surface area contributed by atoms with Crippen LogP contribution in [0.3, 0.4) is 0 Å². The first-order valence-electron chi connectivity index (χ1n) is 7.65. The van der Waals surface area contributed by atoms with Gasteiger partial charge in [0.2, 0.25) is 5.95 Å². The summed E-state index contributed by atoms with van der Waals surface area (Å²) in [6.07, 6.45) is 4.77. The van der Waals surface area contributed by atoms with Crippen LogP contribution in [0.5, 0.6) is 0 Å². The number of rotatable bonds is 3. The lowest BCUT2D eigenvalue weighted by atomic mass is 10.1. The van der Waals surface area contributed by atoms with Crippen molar-refractivity contribution in [3.63, 3.8) is 0 Å². The van der Waals surface area contributed by atoms with Gasteiger partial charge < -0.3 is 11.1 Å². The van der Waals surface area contributed by atoms with E-state index in [1.807, 2.05) is 18.2 Å². The molecule has 3 N–H and O–H groups in total. The first-order chi connectivity index (χ1) is 12.6. The molecule has 0 saturated heterocycles. The van der Waals surface area contributed by atoms with Gasteiger partial charge in [-0.1, -0.05) is 17.7 Å². The second kappa shape index (κ2) is 6.53. The first kappa shape index (κ1) is 16.2. The van der Waals surface area contributed by atoms with Gasteiger partial charge >= 0.3 is 0 Å². The van der Waals surface area contributed by atoms with Gasteiger partial charge in [-0.25, -0.2) is 24.3 Å². The van der Waals surface area contributed by atoms with E-state index >= 15 is 0 Å². The van der Waals surface area contributed by atoms with Crippen LogP contribution >= 0.6 is 11.6 Å². The predicted molar refractivity (Wildman–Crippen MR) is 99.7 cm³/mol. The Bertz CT molecular complexity index is 1100. The minimum Gasteiger partial charge on any atom is -0.368 e. The second-order valence-corrected chi connectivity index (χ2v) is 5.95. The third kappa shape index (κ3) is 3.12. The molecule has 2 aromatic carbocycles. The van der Waals surface area contributed by atoms with E-state index in [0.717, 1.165) is 22.0 Å². The summed E-state index contributed by atoms with van der Waals surface area (Å²) in [4.78, 5) is 16.6. The van der Waals surface area contributed by atoms with Crippen LogP contribution in [0.25, 0.3) is 22.0 Å². The summed E-state index contributed by atoms with van der Waals surface area (Å²) in [7, 11) is 0. The number of nitrogen functional groups attached to an aromatic ring is 1. The lowest BCUT2D eigenvalue weighted by molar-refractivity contribution is 0.628. The Balaban J connectivity index is 1.78. The van der Waals surface area contributed by atoms with E-state index in [2.05, 4.69) is 25.3 Å². The third-order valence-corrected chi connectivity index (χ3v) is 4.11. The maximum atomic E-state index is 13.4. The Morgan fingerprint density at radius 2 is 1.73 bits per heavy atom. The molecule has 0 unspecified atom stereocenters. The molecule has 2 heterocycles. The molecular weight excluding hydrogens is 355 g/mol. The van der Waals surface area contributed by atoms with Gasteiger partial charge in [0.15, 0.2) is 0 Å². The number of nitrogens with two attached hydrogens (primary N) is 1. The van der Waals surface area contributed by atoms with Crippen molar-refractivity contribution in [3.05, 3.63) is 66.0 Å². The zero-order valence-corrected chi connectivity index (χ0v) is 14.1. The average Bonchev–Trinajstić information content (AvgIpc) is 2.65. The zero-order chi connectivity index (χ0) is 18.1. The van der Waals surface area contributed by atoms with E-state index in [9.17, 15) is 4.39 Å². The summed E-state index contributed by atoms with van der Waals surface area (Å²) < 4.78 is 13.4. The quantitative estimate of drug-likeness (QED) is 0.564. The molecule has 0 amide bonds. The molecule has 2 aromatic heterocycles. The molecule has 128 valence electrons. The molecular formula is C18H12ClFN6. The molecule has 0 aliphatic rings. The van der Waals surface area contributed by atoms with Crippen LogP contribution in [-0.4, -0.2) is 19.9 Å². The number of anilines is 3. The number of hydrogen-bond donors (Lipinski definition) is 2. The van der Waals surface area contributed by atoms with E-state index in [-0.39, 0.29) is 11.0 Å². The molecule has 0 saturated carbocycles. The predicted octanol–water partition coefficient (Wildman–Crippen LogP) is 4.21. The van der Waals surface area contributed by atoms with E-state index in [1.54, 1.807) is 18.5 Å². The van der Waals surface area contributed by atoms with Gasteiger partial charge in [0.05, 0.1) is 10.5 Å². The lowest BCUT2D eigenvalue weighted by Crippen LogP contribution is -1.97. The highest BCUT2D eigenvalue weighted by atomic mass is 35.5. The highest BCUT2D eigenvalue weighted by Crippen LogP contribution is 2.29. The highest BCUT2D eigenvalue weighted by Gasteiger charge is 2.08. The third-order valence-electron chi connectivity index (χ3n) is 3.82. The molecule has 26 heavy (non-hydrogen) atoms. The fraction of sp³-hybridized carbons (Fsp3) is 0. The molecule has 6 nitrogen and oxygen atoms in total. The van der Waals surface area contributed by atoms with E-state index in [0.29, 0.717) is 11.5 Å². The van der Waals surface area contributed by atoms with Crippen molar-refractivity contribution >= 4 is 40.0 Å². The highest BCUT2D eigenvalue weighted by molar-refractivity contribution is 6.31. The molecule has 0 aliphatic heterocycles. The number of nitrogens with one attached hydrogen (secondary N) is 1. The van der Waals surface area contributed by atoms with Crippen molar-refractivity contribution in [2.75, 3.05) is 11.1 Å². The minimum absolute atomic E-state index is 0.0353. The Hall–Kier alpha value is -3.32. The molecule has 0 fully saturated rings. The van der Waals surface area contributed by atoms with Crippen molar-refractivity contribution < 1.29 is 4.39 Å². The molecule has 4 aromatic rings. The second-order valence-electron chi connectivity index (χ2n) is 5.54. The monoisotopic (exact) mass is 366 g/mol. The molecule has 0 radical (unpaired) electrons. The Kier molecular flexibility index (Phi) is 4.06. The van der Waals surface area contributed by atoms with Crippen LogP contribution in [0.15, 0.2) is 55.1 Å². The van der Waals surface area contributed by atoms with Crippen molar-refractivity contribution in [2.45, 2.75) is 0 Å². The fourth-order valence-electron chi connectivity index (χ4n) is 2.53. The van der Waals surface area contributed by atoms with Crippen LogP contribution in [0.1, 0.15) is 0 Å². The van der Waals surface area contributed by atoms with Crippen LogP contribution in [0.4, 0.5) is 21.8 Å². The largest absolute Gasteiger partial charge is 0.368 e. The van der Waals surface area contributed by atoms with Crippen molar-refractivity contribution in [3.8, 4) is 11.1 Å². The van der Waals surface area contributed by atoms with Gasteiger partial charge in [0.1, 0.15) is 18.0 Å². The SMILES string of the molecule is Nc1ncc(-c2ccc3ncnc(Nc4ccc(F)c(Cl)c4)c3c2)cn1. The number of fused-ring (bicyclic) bond motifs is 1. The number of benzene rings is 2. The van der Waals surface area contributed by atoms with Crippen LogP contribution < -0.4 is 11.1 Å². The zero-order valence-electron chi connectivity index (χ0n) is 13.3. The molecule has 0 atom stereocenters. The van der Waals surface area contributed by atoms with Gasteiger partial charge in [-0.05, 0) is 35.9 Å². The number of hydrogen-bond acceptors (Lipinski definition) is 6. The first-order valence-corrected chi connectivity index (χ1v) is 8.03. The van der Waals surface area contributed by atoms with Gasteiger partial charge in [-0.2, -0.15) is 0 Å². The van der Waals surface area contributed by atoms with Gasteiger partial charge in [-0.15, -0.1) is 0 Å². The number of aromatic nitrogens is 4. The summed E-state index contributed by atoms with van der Waals surface area (Å²) in [5, 5.41) is 3.98. The topological polar surface area (TPSA) is 89.6 Å². The maximum absolute atomic E-state index is 13.4. The molecule has 0 spiro atoms. The lowest BCUT2D eigenvalue weighted by Gasteiger charge is -2.10. The number of halogens is 2. The van der Waals surface area contributed by atoms with E-state index in [1.165, 1.54) is 18.5 Å². The molecule has 0 bridgehead atoms. The van der Waals surface area contributed by atoms with Crippen molar-refractivity contribution in [1.29, 1.82) is 0 Å². The minimum atomic E-state index is -0.476. The van der Waals surface area contributed by atoms with Gasteiger partial charge in [0, 0.05) is 29.0 Å². The van der Waals surface area contributed by atoms with Crippen LogP contribution in [-0.2, 0) is 0 Å². The summed E-state index contributed by atoms with van der Waals surface area (Å²) in [5.41, 5.74) is 8.64. The smallest absolute Gasteiger partial charge is 0.219 e. The average molecular weight is 367 g/mol. The van der Waals surface area contributed by atoms with Crippen molar-refractivity contribution in [2.24, 2.45) is 0 Å². The standard InChI is InChI=1S/C18H12ClFN6/c19-14-6-12(2-3-15(14)20)26-17-13-5-10(1-4-16(13)24-9-25-17)11-7-22-18(21)23-8-11/h1-9H,(H2,21,22,23)(H,24,25,26). The van der Waals surface area contributed by atoms with Crippen LogP contribution in [0, 0.1) is 5.82 Å². The maximum Gasteiger partial charge on any atom is 0.219 e. The van der Waals surface area contributed by atoms with Gasteiger partial charge in [0.25, 0.3) is 0 Å². The summed E-state index contributed by atoms with van der Waals surface area (Å²) in [6, 6.07) is 10.1. The van der Waals surface area contributed by atoms with E-state index < -0.39 is 5.82 Å². The van der Waals surface area contributed by atoms with Crippen molar-refractivity contribution in [1.82, 2.24) is 19.9 Å². The van der Waals surface area contributed by atoms with Crippen LogP contribution in [0.2, 0.25) is 5.02 Å². The fourth-order valence-corrected chi connectivity index (χ4v) is 2.71. The number of nitrogens with zero attached hydrogens (tertiary/aromatic N) is 4. The Morgan fingerprint density at radius 1 is 0.923 bits per heavy atom.